The Bertz CT molecular complexity index is 189. The highest BCUT2D eigenvalue weighted by Crippen LogP contribution is 2.07. The average Bonchev–Trinajstić information content (AvgIpc) is 2.87. The number of hydrogen-bond donors (Lipinski definition) is 1. The lowest BCUT2D eigenvalue weighted by Gasteiger charge is -2.20. The van der Waals surface area contributed by atoms with E-state index in [-0.39, 0.29) is 0 Å². The van der Waals surface area contributed by atoms with E-state index < -0.39 is 0 Å². The molecule has 0 amide bonds. The molecule has 2 atom stereocenters. The van der Waals surface area contributed by atoms with Gasteiger partial charge in [0.25, 0.3) is 0 Å². The topological polar surface area (TPSA) is 28.2 Å². The molecule has 0 aromatic carbocycles. The zero-order chi connectivity index (χ0) is 13.6. The molecule has 0 saturated carbocycles. The molecule has 0 aliphatic carbocycles. The largest absolute Gasteiger partial charge is 0.512 e. The van der Waals surface area contributed by atoms with Gasteiger partial charge in [0.05, 0.1) is 19.1 Å². The van der Waals surface area contributed by atoms with Gasteiger partial charge in [0.15, 0.2) is 0 Å². The number of nitrogens with zero attached hydrogens (tertiary/aromatic N) is 1. The van der Waals surface area contributed by atoms with E-state index >= 15 is 0 Å². The minimum Gasteiger partial charge on any atom is -0.512 e. The van der Waals surface area contributed by atoms with Crippen LogP contribution in [0.4, 0.5) is 0 Å². The number of hydrogen-bond acceptors (Lipinski definition) is 1. The van der Waals surface area contributed by atoms with Crippen molar-refractivity contribution in [2.45, 2.75) is 84.1 Å². The van der Waals surface area contributed by atoms with Crippen LogP contribution in [0.5, 0.6) is 0 Å². The Hall–Kier alpha value is -0.550. The molecule has 18 heavy (non-hydrogen) atoms. The zero-order valence-corrected chi connectivity index (χ0v) is 12.5. The minimum atomic E-state index is 1.00. The van der Waals surface area contributed by atoms with E-state index in [0.29, 0.717) is 0 Å². The lowest BCUT2D eigenvalue weighted by atomic mass is 10.1. The molecule has 2 nitrogen and oxygen atoms in total. The van der Waals surface area contributed by atoms with Gasteiger partial charge in [-0.3, -0.25) is 0 Å². The van der Waals surface area contributed by atoms with Crippen molar-refractivity contribution < 1.29 is 4.90 Å². The van der Waals surface area contributed by atoms with Crippen molar-refractivity contribution >= 4 is 0 Å². The molecule has 1 heterocycles. The lowest BCUT2D eigenvalue weighted by Crippen LogP contribution is -3.13. The SMILES string of the molecule is CCCCCCCCC[NH+]1CCCC1CC.[C-]#N. The number of rotatable bonds is 9. The Labute approximate surface area is 114 Å². The fourth-order valence-electron chi connectivity index (χ4n) is 3.11. The first-order chi connectivity index (χ1) is 8.88. The first-order valence-corrected chi connectivity index (χ1v) is 7.95. The van der Waals surface area contributed by atoms with Crippen LogP contribution in [0.25, 0.3) is 0 Å². The van der Waals surface area contributed by atoms with Gasteiger partial charge in [0, 0.05) is 12.8 Å². The van der Waals surface area contributed by atoms with Gasteiger partial charge in [-0.1, -0.05) is 46.0 Å². The minimum absolute atomic E-state index is 1.00. The Morgan fingerprint density at radius 1 is 1.00 bits per heavy atom. The summed E-state index contributed by atoms with van der Waals surface area (Å²) >= 11 is 0. The molecule has 1 aliphatic rings. The molecule has 1 fully saturated rings. The molecule has 1 rings (SSSR count). The summed E-state index contributed by atoms with van der Waals surface area (Å²) in [5.74, 6) is 0. The molecular weight excluding hydrogens is 220 g/mol. The van der Waals surface area contributed by atoms with E-state index in [1.54, 1.807) is 0 Å². The first-order valence-electron chi connectivity index (χ1n) is 7.95. The third kappa shape index (κ3) is 7.71. The van der Waals surface area contributed by atoms with E-state index in [1.807, 2.05) is 4.90 Å². The summed E-state index contributed by atoms with van der Waals surface area (Å²) in [6, 6.07) is 1.00. The van der Waals surface area contributed by atoms with Crippen LogP contribution in [0.2, 0.25) is 0 Å². The number of nitrogens with one attached hydrogen (secondary N) is 1. The monoisotopic (exact) mass is 252 g/mol. The summed E-state index contributed by atoms with van der Waals surface area (Å²) in [5.41, 5.74) is 0. The average molecular weight is 252 g/mol. The number of unbranched alkanes of at least 4 members (excludes halogenated alkanes) is 6. The molecule has 1 saturated heterocycles. The first kappa shape index (κ1) is 17.4. The molecule has 0 aromatic rings. The van der Waals surface area contributed by atoms with Crippen LogP contribution in [0, 0.1) is 11.8 Å². The molecule has 106 valence electrons. The van der Waals surface area contributed by atoms with Crippen molar-refractivity contribution in [3.63, 3.8) is 0 Å². The van der Waals surface area contributed by atoms with Crippen LogP contribution in [-0.4, -0.2) is 19.1 Å². The molecule has 0 spiro atoms. The molecule has 0 bridgehead atoms. The van der Waals surface area contributed by atoms with E-state index in [2.05, 4.69) is 13.8 Å². The van der Waals surface area contributed by atoms with Crippen molar-refractivity contribution in [3.05, 3.63) is 6.57 Å². The maximum atomic E-state index is 6.25. The summed E-state index contributed by atoms with van der Waals surface area (Å²) in [6.45, 7) is 12.3. The van der Waals surface area contributed by atoms with E-state index in [9.17, 15) is 0 Å². The van der Waals surface area contributed by atoms with Gasteiger partial charge in [-0.05, 0) is 19.3 Å². The highest BCUT2D eigenvalue weighted by atomic mass is 15.2. The molecule has 2 heteroatoms. The van der Waals surface area contributed by atoms with E-state index in [0.717, 1.165) is 6.04 Å². The fraction of sp³-hybridized carbons (Fsp3) is 0.938. The fourth-order valence-corrected chi connectivity index (χ4v) is 3.11. The number of likely N-dealkylation sites (tertiary alicyclic amines) is 1. The maximum Gasteiger partial charge on any atom is 0.0874 e. The van der Waals surface area contributed by atoms with Crippen molar-refractivity contribution in [2.75, 3.05) is 13.1 Å². The number of quaternary nitrogens is 1. The van der Waals surface area contributed by atoms with Crippen LogP contribution in [0.15, 0.2) is 0 Å². The van der Waals surface area contributed by atoms with Crippen LogP contribution in [0.3, 0.4) is 0 Å². The third-order valence-corrected chi connectivity index (χ3v) is 4.22. The quantitative estimate of drug-likeness (QED) is 0.495. The second-order valence-corrected chi connectivity index (χ2v) is 5.53. The van der Waals surface area contributed by atoms with Gasteiger partial charge < -0.3 is 16.7 Å². The summed E-state index contributed by atoms with van der Waals surface area (Å²) < 4.78 is 0. The normalized spacial score (nSPS) is 22.4. The third-order valence-electron chi connectivity index (χ3n) is 4.22. The lowest BCUT2D eigenvalue weighted by molar-refractivity contribution is -0.912. The van der Waals surface area contributed by atoms with Crippen LogP contribution in [-0.2, 0) is 0 Å². The molecule has 0 radical (unpaired) electrons. The molecule has 0 aromatic heterocycles. The predicted molar refractivity (Wildman–Crippen MR) is 77.0 cm³/mol. The molecular formula is C16H32N2. The second kappa shape index (κ2) is 12.9. The Morgan fingerprint density at radius 3 is 2.22 bits per heavy atom. The summed E-state index contributed by atoms with van der Waals surface area (Å²) in [6.07, 6.45) is 14.5. The molecule has 2 unspecified atom stereocenters. The van der Waals surface area contributed by atoms with Gasteiger partial charge in [-0.25, -0.2) is 0 Å². The van der Waals surface area contributed by atoms with Crippen LogP contribution < -0.4 is 4.90 Å². The van der Waals surface area contributed by atoms with Gasteiger partial charge >= 0.3 is 0 Å². The van der Waals surface area contributed by atoms with Gasteiger partial charge in [0.1, 0.15) is 0 Å². The second-order valence-electron chi connectivity index (χ2n) is 5.53. The standard InChI is InChI=1S/C15H31N.CN/c1-3-5-6-7-8-9-10-13-16-14-11-12-15(16)4-2;1-2/h15H,3-14H2,1-2H3;/q;-1/p+1. The Morgan fingerprint density at radius 2 is 1.61 bits per heavy atom. The van der Waals surface area contributed by atoms with Gasteiger partial charge in [-0.2, -0.15) is 0 Å². The molecule has 1 N–H and O–H groups in total. The summed E-state index contributed by atoms with van der Waals surface area (Å²) in [5, 5.41) is 6.25. The van der Waals surface area contributed by atoms with Gasteiger partial charge in [0.2, 0.25) is 0 Å². The maximum absolute atomic E-state index is 6.25. The van der Waals surface area contributed by atoms with Gasteiger partial charge in [-0.15, -0.1) is 0 Å². The predicted octanol–water partition coefficient (Wildman–Crippen LogP) is 3.29. The molecule has 1 aliphatic heterocycles. The Balaban J connectivity index is 0.00000137. The van der Waals surface area contributed by atoms with E-state index in [1.165, 1.54) is 77.3 Å². The zero-order valence-electron chi connectivity index (χ0n) is 12.5. The van der Waals surface area contributed by atoms with Crippen molar-refractivity contribution in [1.82, 2.24) is 0 Å². The smallest absolute Gasteiger partial charge is 0.0874 e. The highest BCUT2D eigenvalue weighted by Gasteiger charge is 2.25. The summed E-state index contributed by atoms with van der Waals surface area (Å²) in [4.78, 5) is 1.91. The summed E-state index contributed by atoms with van der Waals surface area (Å²) in [7, 11) is 0. The van der Waals surface area contributed by atoms with Crippen molar-refractivity contribution in [2.24, 2.45) is 0 Å². The van der Waals surface area contributed by atoms with Crippen molar-refractivity contribution in [3.8, 4) is 0 Å². The van der Waals surface area contributed by atoms with Crippen LogP contribution >= 0.6 is 0 Å². The van der Waals surface area contributed by atoms with Crippen LogP contribution in [0.1, 0.15) is 78.1 Å². The van der Waals surface area contributed by atoms with E-state index in [4.69, 9.17) is 11.8 Å². The van der Waals surface area contributed by atoms with Crippen molar-refractivity contribution in [1.29, 1.82) is 5.26 Å². The Kier molecular flexibility index (Phi) is 12.5. The highest BCUT2D eigenvalue weighted by molar-refractivity contribution is 4.60.